The molecule has 0 radical (unpaired) electrons. The third-order valence-electron chi connectivity index (χ3n) is 4.64. The molecule has 7 heteroatoms. The molecule has 130 valence electrons. The van der Waals surface area contributed by atoms with Crippen LogP contribution in [0.3, 0.4) is 0 Å². The summed E-state index contributed by atoms with van der Waals surface area (Å²) >= 11 is 0. The largest absolute Gasteiger partial charge is 0.337 e. The molecule has 2 heterocycles. The van der Waals surface area contributed by atoms with Gasteiger partial charge in [0.2, 0.25) is 5.91 Å². The summed E-state index contributed by atoms with van der Waals surface area (Å²) in [6.45, 7) is 2.61. The van der Waals surface area contributed by atoms with Gasteiger partial charge >= 0.3 is 0 Å². The van der Waals surface area contributed by atoms with E-state index >= 15 is 0 Å². The maximum absolute atomic E-state index is 12.8. The van der Waals surface area contributed by atoms with Crippen LogP contribution in [0.1, 0.15) is 12.0 Å². The van der Waals surface area contributed by atoms with Crippen LogP contribution in [0.25, 0.3) is 6.08 Å². The minimum absolute atomic E-state index is 0.0713. The summed E-state index contributed by atoms with van der Waals surface area (Å²) in [5.74, 6) is 0.143. The second-order valence-corrected chi connectivity index (χ2v) is 8.53. The quantitative estimate of drug-likeness (QED) is 0.767. The van der Waals surface area contributed by atoms with Crippen molar-refractivity contribution in [3.8, 4) is 0 Å². The number of hydrogen-bond donors (Lipinski definition) is 0. The lowest BCUT2D eigenvalue weighted by atomic mass is 10.2. The van der Waals surface area contributed by atoms with E-state index in [0.29, 0.717) is 32.6 Å². The number of halogens is 1. The van der Waals surface area contributed by atoms with Gasteiger partial charge in [-0.05, 0) is 30.2 Å². The van der Waals surface area contributed by atoms with Crippen LogP contribution >= 0.6 is 0 Å². The van der Waals surface area contributed by atoms with Gasteiger partial charge in [0.15, 0.2) is 9.84 Å². The van der Waals surface area contributed by atoms with E-state index in [1.165, 1.54) is 18.2 Å². The van der Waals surface area contributed by atoms with Gasteiger partial charge in [0.1, 0.15) is 5.82 Å². The SMILES string of the molecule is O=C(/C=C/c1ccc(F)cc1)N1CCN([C@H]2CCS(=O)(=O)C2)CC1. The normalized spacial score (nSPS) is 24.5. The Morgan fingerprint density at radius 3 is 2.38 bits per heavy atom. The highest BCUT2D eigenvalue weighted by atomic mass is 32.2. The van der Waals surface area contributed by atoms with Gasteiger partial charge in [0.05, 0.1) is 11.5 Å². The van der Waals surface area contributed by atoms with E-state index in [9.17, 15) is 17.6 Å². The molecular weight excluding hydrogens is 331 g/mol. The van der Waals surface area contributed by atoms with Gasteiger partial charge in [-0.15, -0.1) is 0 Å². The number of amides is 1. The van der Waals surface area contributed by atoms with Crippen molar-refractivity contribution in [3.05, 3.63) is 41.7 Å². The maximum atomic E-state index is 12.8. The van der Waals surface area contributed by atoms with Crippen molar-refractivity contribution in [3.63, 3.8) is 0 Å². The Morgan fingerprint density at radius 2 is 1.79 bits per heavy atom. The monoisotopic (exact) mass is 352 g/mol. The summed E-state index contributed by atoms with van der Waals surface area (Å²) in [7, 11) is -2.88. The predicted molar refractivity (Wildman–Crippen MR) is 90.6 cm³/mol. The molecule has 0 aliphatic carbocycles. The molecule has 1 aromatic rings. The number of rotatable bonds is 3. The lowest BCUT2D eigenvalue weighted by molar-refractivity contribution is -0.127. The summed E-state index contributed by atoms with van der Waals surface area (Å²) in [6.07, 6.45) is 3.88. The first-order valence-corrected chi connectivity index (χ1v) is 9.92. The van der Waals surface area contributed by atoms with Crippen molar-refractivity contribution in [1.29, 1.82) is 0 Å². The van der Waals surface area contributed by atoms with E-state index in [4.69, 9.17) is 0 Å². The highest BCUT2D eigenvalue weighted by Crippen LogP contribution is 2.19. The van der Waals surface area contributed by atoms with Gasteiger partial charge in [0.25, 0.3) is 0 Å². The molecule has 0 spiro atoms. The average molecular weight is 352 g/mol. The molecule has 0 aromatic heterocycles. The van der Waals surface area contributed by atoms with Crippen LogP contribution in [0.4, 0.5) is 4.39 Å². The van der Waals surface area contributed by atoms with E-state index in [0.717, 1.165) is 5.56 Å². The molecule has 2 saturated heterocycles. The number of piperazine rings is 1. The standard InChI is InChI=1S/C17H21FN2O3S/c18-15-4-1-14(2-5-15)3-6-17(21)20-10-8-19(9-11-20)16-7-12-24(22,23)13-16/h1-6,16H,7-13H2/b6-3+/t16-/m0/s1. The van der Waals surface area contributed by atoms with Crippen molar-refractivity contribution in [2.75, 3.05) is 37.7 Å². The Bertz CT molecular complexity index is 723. The average Bonchev–Trinajstić information content (AvgIpc) is 2.94. The summed E-state index contributed by atoms with van der Waals surface area (Å²) < 4.78 is 36.0. The fraction of sp³-hybridized carbons (Fsp3) is 0.471. The molecule has 5 nitrogen and oxygen atoms in total. The lowest BCUT2D eigenvalue weighted by Crippen LogP contribution is -2.52. The molecule has 2 aliphatic rings. The minimum Gasteiger partial charge on any atom is -0.337 e. The molecule has 1 amide bonds. The molecule has 0 unspecified atom stereocenters. The van der Waals surface area contributed by atoms with E-state index in [-0.39, 0.29) is 29.3 Å². The molecular formula is C17H21FN2O3S. The van der Waals surface area contributed by atoms with Gasteiger partial charge in [-0.1, -0.05) is 12.1 Å². The Labute approximate surface area is 141 Å². The van der Waals surface area contributed by atoms with E-state index < -0.39 is 9.84 Å². The summed E-state index contributed by atoms with van der Waals surface area (Å²) in [4.78, 5) is 16.2. The fourth-order valence-corrected chi connectivity index (χ4v) is 4.98. The predicted octanol–water partition coefficient (Wildman–Crippen LogP) is 1.17. The van der Waals surface area contributed by atoms with Crippen LogP contribution < -0.4 is 0 Å². The molecule has 24 heavy (non-hydrogen) atoms. The molecule has 1 atom stereocenters. The highest BCUT2D eigenvalue weighted by molar-refractivity contribution is 7.91. The summed E-state index contributed by atoms with van der Waals surface area (Å²) in [5, 5.41) is 0. The van der Waals surface area contributed by atoms with Crippen molar-refractivity contribution < 1.29 is 17.6 Å². The highest BCUT2D eigenvalue weighted by Gasteiger charge is 2.34. The number of nitrogens with zero attached hydrogens (tertiary/aromatic N) is 2. The number of sulfone groups is 1. The number of hydrogen-bond acceptors (Lipinski definition) is 4. The van der Waals surface area contributed by atoms with Crippen molar-refractivity contribution in [2.45, 2.75) is 12.5 Å². The fourth-order valence-electron chi connectivity index (χ4n) is 3.22. The van der Waals surface area contributed by atoms with Crippen molar-refractivity contribution >= 4 is 21.8 Å². The van der Waals surface area contributed by atoms with Gasteiger partial charge in [0, 0.05) is 38.3 Å². The first-order valence-electron chi connectivity index (χ1n) is 8.10. The molecule has 0 saturated carbocycles. The maximum Gasteiger partial charge on any atom is 0.246 e. The molecule has 2 fully saturated rings. The Kier molecular flexibility index (Phi) is 5.01. The van der Waals surface area contributed by atoms with Crippen molar-refractivity contribution in [1.82, 2.24) is 9.80 Å². The van der Waals surface area contributed by atoms with E-state index in [1.807, 2.05) is 0 Å². The summed E-state index contributed by atoms with van der Waals surface area (Å²) in [5.41, 5.74) is 0.777. The first-order chi connectivity index (χ1) is 11.4. The lowest BCUT2D eigenvalue weighted by Gasteiger charge is -2.37. The molecule has 0 N–H and O–H groups in total. The molecule has 0 bridgehead atoms. The van der Waals surface area contributed by atoms with Gasteiger partial charge in [-0.2, -0.15) is 0 Å². The van der Waals surface area contributed by atoms with Gasteiger partial charge in [-0.25, -0.2) is 12.8 Å². The topological polar surface area (TPSA) is 57.7 Å². The third kappa shape index (κ3) is 4.21. The second kappa shape index (κ2) is 7.03. The zero-order valence-electron chi connectivity index (χ0n) is 13.4. The van der Waals surface area contributed by atoms with Crippen LogP contribution in [0.5, 0.6) is 0 Å². The van der Waals surface area contributed by atoms with Gasteiger partial charge < -0.3 is 4.90 Å². The van der Waals surface area contributed by atoms with Crippen molar-refractivity contribution in [2.24, 2.45) is 0 Å². The minimum atomic E-state index is -2.88. The number of carbonyl (C=O) groups excluding carboxylic acids is 1. The van der Waals surface area contributed by atoms with Crippen LogP contribution in [-0.2, 0) is 14.6 Å². The van der Waals surface area contributed by atoms with Crippen LogP contribution in [-0.4, -0.2) is 67.9 Å². The summed E-state index contributed by atoms with van der Waals surface area (Å²) in [6, 6.07) is 6.06. The van der Waals surface area contributed by atoms with E-state index in [2.05, 4.69) is 4.90 Å². The van der Waals surface area contributed by atoms with Crippen LogP contribution in [0.2, 0.25) is 0 Å². The molecule has 1 aromatic carbocycles. The second-order valence-electron chi connectivity index (χ2n) is 6.30. The molecule has 2 aliphatic heterocycles. The zero-order valence-corrected chi connectivity index (χ0v) is 14.2. The van der Waals surface area contributed by atoms with Crippen LogP contribution in [0.15, 0.2) is 30.3 Å². The third-order valence-corrected chi connectivity index (χ3v) is 6.39. The van der Waals surface area contributed by atoms with Gasteiger partial charge in [-0.3, -0.25) is 9.69 Å². The first kappa shape index (κ1) is 17.1. The smallest absolute Gasteiger partial charge is 0.246 e. The Morgan fingerprint density at radius 1 is 1.12 bits per heavy atom. The Hall–Kier alpha value is -1.73. The van der Waals surface area contributed by atoms with Crippen LogP contribution in [0, 0.1) is 5.82 Å². The Balaban J connectivity index is 1.51. The molecule has 3 rings (SSSR count). The zero-order chi connectivity index (χ0) is 17.2. The number of carbonyl (C=O) groups is 1. The van der Waals surface area contributed by atoms with E-state index in [1.54, 1.807) is 23.1 Å². The number of benzene rings is 1.